The standard InChI is InChI=1S/C31H31FN6O4S2/c1-3-42-30(41)25-24(34-27(28-33-11-14-44-28)35-26(25)22-5-4-6-23(32)18(22)2)17-36-12-13-37-21(15-36)16-38(31(37)43)20-9-7-19(8-10-20)29(39)40/h4-11,14,21,26H,3,12-13,15-17H2,1-2H3,(H,34,35)(H,39,40). The summed E-state index contributed by atoms with van der Waals surface area (Å²) in [6, 6.07) is 10.9. The topological polar surface area (TPSA) is 111 Å². The second-order valence-corrected chi connectivity index (χ2v) is 12.0. The number of carbonyl (C=O) groups is 2. The van der Waals surface area contributed by atoms with Gasteiger partial charge in [0.05, 0.1) is 23.8 Å². The lowest BCUT2D eigenvalue weighted by molar-refractivity contribution is -0.139. The van der Waals surface area contributed by atoms with Gasteiger partial charge in [-0.05, 0) is 67.5 Å². The monoisotopic (exact) mass is 634 g/mol. The minimum atomic E-state index is -0.973. The fourth-order valence-corrected chi connectivity index (χ4v) is 6.91. The van der Waals surface area contributed by atoms with Crippen molar-refractivity contribution in [3.63, 3.8) is 0 Å². The average Bonchev–Trinajstić information content (AvgIpc) is 3.67. The quantitative estimate of drug-likeness (QED) is 0.279. The number of ether oxygens (including phenoxy) is 1. The first-order valence-corrected chi connectivity index (χ1v) is 15.6. The van der Waals surface area contributed by atoms with Crippen molar-refractivity contribution in [1.82, 2.24) is 20.1 Å². The smallest absolute Gasteiger partial charge is 0.338 e. The Morgan fingerprint density at radius 3 is 2.68 bits per heavy atom. The number of hydrogen-bond donors (Lipinski definition) is 2. The fraction of sp³-hybridized carbons (Fsp3) is 0.323. The lowest BCUT2D eigenvalue weighted by Gasteiger charge is -2.38. The zero-order chi connectivity index (χ0) is 31.0. The molecule has 1 aromatic heterocycles. The maximum absolute atomic E-state index is 14.8. The van der Waals surface area contributed by atoms with Gasteiger partial charge >= 0.3 is 11.9 Å². The number of halogens is 1. The number of thiazole rings is 1. The van der Waals surface area contributed by atoms with Gasteiger partial charge in [-0.1, -0.05) is 12.1 Å². The van der Waals surface area contributed by atoms with E-state index in [0.717, 1.165) is 5.69 Å². The number of piperazine rings is 1. The molecule has 2 fully saturated rings. The van der Waals surface area contributed by atoms with Gasteiger partial charge in [0.1, 0.15) is 11.9 Å². The molecule has 0 spiro atoms. The summed E-state index contributed by atoms with van der Waals surface area (Å²) in [7, 11) is 0. The SMILES string of the molecule is CCOC(=O)C1=C(CN2CCN3C(=S)N(c4ccc(C(=O)O)cc4)CC3C2)NC(c2nccs2)=NC1c1cccc(F)c1C. The van der Waals surface area contributed by atoms with Crippen molar-refractivity contribution >= 4 is 52.1 Å². The summed E-state index contributed by atoms with van der Waals surface area (Å²) in [5, 5.41) is 15.9. The number of carbonyl (C=O) groups excluding carboxylic acids is 1. The third-order valence-electron chi connectivity index (χ3n) is 8.10. The van der Waals surface area contributed by atoms with Gasteiger partial charge in [0.2, 0.25) is 0 Å². The first-order chi connectivity index (χ1) is 21.2. The molecule has 0 amide bonds. The number of benzene rings is 2. The Morgan fingerprint density at radius 1 is 1.18 bits per heavy atom. The van der Waals surface area contributed by atoms with Crippen LogP contribution in [0, 0.1) is 12.7 Å². The van der Waals surface area contributed by atoms with Crippen LogP contribution in [-0.2, 0) is 9.53 Å². The minimum absolute atomic E-state index is 0.0963. The molecule has 3 aliphatic rings. The summed E-state index contributed by atoms with van der Waals surface area (Å²) in [5.41, 5.74) is 3.09. The Balaban J connectivity index is 1.30. The predicted octanol–water partition coefficient (Wildman–Crippen LogP) is 3.99. The molecule has 0 saturated carbocycles. The Hall–Kier alpha value is -4.20. The summed E-state index contributed by atoms with van der Waals surface area (Å²) in [5.74, 6) is -1.32. The van der Waals surface area contributed by atoms with E-state index in [1.165, 1.54) is 17.4 Å². The van der Waals surface area contributed by atoms with Gasteiger partial charge < -0.3 is 25.0 Å². The van der Waals surface area contributed by atoms with Gasteiger partial charge in [0.25, 0.3) is 0 Å². The molecule has 2 saturated heterocycles. The number of aliphatic imine (C=N–C) groups is 1. The second kappa shape index (κ2) is 12.4. The third-order valence-corrected chi connectivity index (χ3v) is 9.34. The van der Waals surface area contributed by atoms with E-state index < -0.39 is 18.0 Å². The molecule has 6 rings (SSSR count). The number of thiocarbonyl (C=S) groups is 1. The molecule has 10 nitrogen and oxygen atoms in total. The summed E-state index contributed by atoms with van der Waals surface area (Å²) >= 11 is 7.25. The van der Waals surface area contributed by atoms with Crippen LogP contribution in [-0.4, -0.2) is 88.1 Å². The lowest BCUT2D eigenvalue weighted by Crippen LogP contribution is -2.53. The molecule has 4 heterocycles. The van der Waals surface area contributed by atoms with Gasteiger partial charge in [-0.3, -0.25) is 9.89 Å². The normalized spacial score (nSPS) is 20.3. The summed E-state index contributed by atoms with van der Waals surface area (Å²) in [4.78, 5) is 40.7. The third kappa shape index (κ3) is 5.70. The number of carboxylic acids is 1. The van der Waals surface area contributed by atoms with E-state index in [-0.39, 0.29) is 24.0 Å². The van der Waals surface area contributed by atoms with E-state index in [9.17, 15) is 19.1 Å². The highest BCUT2D eigenvalue weighted by atomic mass is 32.1. The second-order valence-electron chi connectivity index (χ2n) is 10.7. The van der Waals surface area contributed by atoms with Gasteiger partial charge in [0.15, 0.2) is 16.0 Å². The molecular formula is C31H31FN6O4S2. The maximum Gasteiger partial charge on any atom is 0.338 e. The molecule has 2 atom stereocenters. The van der Waals surface area contributed by atoms with E-state index in [0.29, 0.717) is 71.1 Å². The molecule has 2 N–H and O–H groups in total. The molecule has 44 heavy (non-hydrogen) atoms. The number of nitrogens with one attached hydrogen (secondary N) is 1. The number of rotatable bonds is 8. The van der Waals surface area contributed by atoms with Crippen molar-refractivity contribution in [3.8, 4) is 0 Å². The van der Waals surface area contributed by atoms with E-state index >= 15 is 0 Å². The zero-order valence-electron chi connectivity index (χ0n) is 24.2. The van der Waals surface area contributed by atoms with Crippen LogP contribution in [0.3, 0.4) is 0 Å². The number of fused-ring (bicyclic) bond motifs is 1. The van der Waals surface area contributed by atoms with Gasteiger partial charge in [-0.15, -0.1) is 11.3 Å². The Kier molecular flexibility index (Phi) is 8.43. The van der Waals surface area contributed by atoms with Gasteiger partial charge in [-0.2, -0.15) is 0 Å². The van der Waals surface area contributed by atoms with Crippen molar-refractivity contribution in [2.24, 2.45) is 4.99 Å². The minimum Gasteiger partial charge on any atom is -0.478 e. The van der Waals surface area contributed by atoms with Crippen LogP contribution in [0.2, 0.25) is 0 Å². The highest BCUT2D eigenvalue weighted by Gasteiger charge is 2.40. The van der Waals surface area contributed by atoms with Crippen LogP contribution in [0.5, 0.6) is 0 Å². The Morgan fingerprint density at radius 2 is 1.98 bits per heavy atom. The number of anilines is 1. The molecule has 2 unspecified atom stereocenters. The molecule has 3 aliphatic heterocycles. The molecule has 0 aliphatic carbocycles. The summed E-state index contributed by atoms with van der Waals surface area (Å²) in [6.45, 7) is 6.75. The Labute approximate surface area is 263 Å². The fourth-order valence-electron chi connectivity index (χ4n) is 5.90. The zero-order valence-corrected chi connectivity index (χ0v) is 25.8. The highest BCUT2D eigenvalue weighted by Crippen LogP contribution is 2.36. The largest absolute Gasteiger partial charge is 0.478 e. The number of hydrogen-bond acceptors (Lipinski definition) is 9. The van der Waals surface area contributed by atoms with E-state index in [4.69, 9.17) is 21.9 Å². The number of nitrogens with zero attached hydrogens (tertiary/aromatic N) is 5. The van der Waals surface area contributed by atoms with Crippen molar-refractivity contribution in [3.05, 3.63) is 92.8 Å². The number of aromatic nitrogens is 1. The van der Waals surface area contributed by atoms with Crippen LogP contribution in [0.1, 0.15) is 39.5 Å². The molecule has 0 radical (unpaired) electrons. The molecule has 13 heteroatoms. The molecular weight excluding hydrogens is 604 g/mol. The lowest BCUT2D eigenvalue weighted by atomic mass is 9.92. The summed E-state index contributed by atoms with van der Waals surface area (Å²) in [6.07, 6.45) is 1.69. The van der Waals surface area contributed by atoms with E-state index in [1.807, 2.05) is 10.3 Å². The van der Waals surface area contributed by atoms with E-state index in [2.05, 4.69) is 20.1 Å². The average molecular weight is 635 g/mol. The highest BCUT2D eigenvalue weighted by molar-refractivity contribution is 7.80. The van der Waals surface area contributed by atoms with Crippen LogP contribution < -0.4 is 10.2 Å². The number of esters is 1. The number of carboxylic acid groups (broad SMARTS) is 1. The van der Waals surface area contributed by atoms with Gasteiger partial charge in [0, 0.05) is 55.7 Å². The van der Waals surface area contributed by atoms with Crippen molar-refractivity contribution in [1.29, 1.82) is 0 Å². The van der Waals surface area contributed by atoms with Crippen LogP contribution in [0.15, 0.2) is 70.3 Å². The molecule has 2 aromatic carbocycles. The molecule has 3 aromatic rings. The first kappa shape index (κ1) is 29.9. The van der Waals surface area contributed by atoms with Crippen LogP contribution in [0.4, 0.5) is 10.1 Å². The Bertz CT molecular complexity index is 1660. The maximum atomic E-state index is 14.8. The van der Waals surface area contributed by atoms with Crippen molar-refractivity contribution in [2.45, 2.75) is 25.9 Å². The van der Waals surface area contributed by atoms with Crippen molar-refractivity contribution < 1.29 is 23.8 Å². The number of amidine groups is 1. The predicted molar refractivity (Wildman–Crippen MR) is 170 cm³/mol. The summed E-state index contributed by atoms with van der Waals surface area (Å²) < 4.78 is 20.3. The van der Waals surface area contributed by atoms with Crippen LogP contribution >= 0.6 is 23.6 Å². The number of aromatic carboxylic acids is 1. The van der Waals surface area contributed by atoms with E-state index in [1.54, 1.807) is 56.4 Å². The van der Waals surface area contributed by atoms with Gasteiger partial charge in [-0.25, -0.2) is 19.0 Å². The van der Waals surface area contributed by atoms with Crippen LogP contribution in [0.25, 0.3) is 0 Å². The molecule has 0 bridgehead atoms. The first-order valence-electron chi connectivity index (χ1n) is 14.3. The van der Waals surface area contributed by atoms with Crippen molar-refractivity contribution in [2.75, 3.05) is 44.2 Å². The molecule has 228 valence electrons.